The molecule has 0 aliphatic heterocycles. The standard InChI is InChI=1S/C21H24F5N3O2/c1-31-15-6-4-14(5-7-15)17(21(24,25)26)28-16(11-20(22,23)10-13-2-3-13)18(30)29-19(12-27)8-9-19/h4-7,13,16-17,28H,2-3,8-11H2,1H3,(H,29,30)/t16?,17-/m0/s1. The maximum Gasteiger partial charge on any atom is 0.407 e. The third-order valence-electron chi connectivity index (χ3n) is 5.57. The third-order valence-corrected chi connectivity index (χ3v) is 5.57. The number of nitriles is 1. The molecule has 2 atom stereocenters. The Balaban J connectivity index is 1.83. The molecule has 170 valence electrons. The van der Waals surface area contributed by atoms with Gasteiger partial charge in [0.05, 0.1) is 19.2 Å². The first-order valence-corrected chi connectivity index (χ1v) is 10.0. The van der Waals surface area contributed by atoms with Crippen LogP contribution in [-0.4, -0.2) is 36.7 Å². The Hall–Kier alpha value is -2.41. The van der Waals surface area contributed by atoms with E-state index in [9.17, 15) is 26.7 Å². The molecule has 0 heterocycles. The molecule has 1 unspecified atom stereocenters. The van der Waals surface area contributed by atoms with Gasteiger partial charge >= 0.3 is 6.18 Å². The maximum absolute atomic E-state index is 14.5. The van der Waals surface area contributed by atoms with Gasteiger partial charge in [-0.3, -0.25) is 10.1 Å². The largest absolute Gasteiger partial charge is 0.497 e. The van der Waals surface area contributed by atoms with Gasteiger partial charge in [-0.25, -0.2) is 8.78 Å². The SMILES string of the molecule is COc1ccc([C@H](NC(CC(F)(F)CC2CC2)C(=O)NC2(C#N)CC2)C(F)(F)F)cc1. The molecule has 1 amide bonds. The third kappa shape index (κ3) is 6.29. The number of ether oxygens (including phenoxy) is 1. The number of methoxy groups -OCH3 is 1. The van der Waals surface area contributed by atoms with E-state index >= 15 is 0 Å². The van der Waals surface area contributed by atoms with Crippen molar-refractivity contribution in [3.05, 3.63) is 29.8 Å². The van der Waals surface area contributed by atoms with Gasteiger partial charge in [-0.2, -0.15) is 18.4 Å². The van der Waals surface area contributed by atoms with Crippen LogP contribution < -0.4 is 15.4 Å². The van der Waals surface area contributed by atoms with Gasteiger partial charge in [-0.1, -0.05) is 12.1 Å². The number of carbonyl (C=O) groups is 1. The molecule has 1 aromatic carbocycles. The zero-order chi connectivity index (χ0) is 22.9. The second-order valence-electron chi connectivity index (χ2n) is 8.36. The van der Waals surface area contributed by atoms with Crippen molar-refractivity contribution in [1.29, 1.82) is 5.26 Å². The lowest BCUT2D eigenvalue weighted by Gasteiger charge is -2.30. The minimum absolute atomic E-state index is 0.174. The summed E-state index contributed by atoms with van der Waals surface area (Å²) < 4.78 is 75.4. The van der Waals surface area contributed by atoms with Crippen molar-refractivity contribution in [2.24, 2.45) is 5.92 Å². The zero-order valence-corrected chi connectivity index (χ0v) is 16.9. The summed E-state index contributed by atoms with van der Waals surface area (Å²) in [5.74, 6) is -4.18. The van der Waals surface area contributed by atoms with E-state index in [-0.39, 0.29) is 11.5 Å². The van der Waals surface area contributed by atoms with Gasteiger partial charge in [0.1, 0.15) is 17.3 Å². The first-order valence-electron chi connectivity index (χ1n) is 10.0. The summed E-state index contributed by atoms with van der Waals surface area (Å²) in [5.41, 5.74) is -1.42. The number of rotatable bonds is 10. The van der Waals surface area contributed by atoms with Gasteiger partial charge in [0.25, 0.3) is 0 Å². The Labute approximate surface area is 176 Å². The molecule has 0 aromatic heterocycles. The van der Waals surface area contributed by atoms with E-state index < -0.39 is 48.5 Å². The fourth-order valence-electron chi connectivity index (χ4n) is 3.44. The molecular formula is C21H24F5N3O2. The first-order chi connectivity index (χ1) is 14.5. The van der Waals surface area contributed by atoms with Crippen LogP contribution in [0, 0.1) is 17.2 Å². The highest BCUT2D eigenvalue weighted by molar-refractivity contribution is 5.83. The number of carbonyl (C=O) groups excluding carboxylic acids is 1. The minimum Gasteiger partial charge on any atom is -0.497 e. The molecule has 1 aromatic rings. The van der Waals surface area contributed by atoms with Crippen molar-refractivity contribution in [3.8, 4) is 11.8 Å². The van der Waals surface area contributed by atoms with Crippen molar-refractivity contribution in [1.82, 2.24) is 10.6 Å². The van der Waals surface area contributed by atoms with Crippen LogP contribution in [0.25, 0.3) is 0 Å². The van der Waals surface area contributed by atoms with E-state index in [2.05, 4.69) is 10.6 Å². The van der Waals surface area contributed by atoms with Gasteiger partial charge in [-0.05, 0) is 49.3 Å². The minimum atomic E-state index is -4.84. The Bertz CT molecular complexity index is 827. The number of nitrogens with one attached hydrogen (secondary N) is 2. The lowest BCUT2D eigenvalue weighted by Crippen LogP contribution is -2.53. The van der Waals surface area contributed by atoms with Crippen molar-refractivity contribution in [2.75, 3.05) is 7.11 Å². The lowest BCUT2D eigenvalue weighted by molar-refractivity contribution is -0.163. The molecule has 2 N–H and O–H groups in total. The topological polar surface area (TPSA) is 74.2 Å². The highest BCUT2D eigenvalue weighted by Crippen LogP contribution is 2.42. The summed E-state index contributed by atoms with van der Waals surface area (Å²) in [4.78, 5) is 12.7. The summed E-state index contributed by atoms with van der Waals surface area (Å²) >= 11 is 0. The Morgan fingerprint density at radius 2 is 1.84 bits per heavy atom. The zero-order valence-electron chi connectivity index (χ0n) is 16.9. The molecule has 2 fully saturated rings. The van der Waals surface area contributed by atoms with Crippen LogP contribution >= 0.6 is 0 Å². The van der Waals surface area contributed by atoms with Crippen molar-refractivity contribution >= 4 is 5.91 Å². The molecule has 5 nitrogen and oxygen atoms in total. The number of nitrogens with zero attached hydrogens (tertiary/aromatic N) is 1. The molecule has 31 heavy (non-hydrogen) atoms. The van der Waals surface area contributed by atoms with E-state index in [1.807, 2.05) is 6.07 Å². The Morgan fingerprint density at radius 3 is 2.29 bits per heavy atom. The first kappa shape index (κ1) is 23.3. The van der Waals surface area contributed by atoms with Crippen LogP contribution in [-0.2, 0) is 4.79 Å². The average Bonchev–Trinajstić information content (AvgIpc) is 3.62. The van der Waals surface area contributed by atoms with Gasteiger partial charge in [0.2, 0.25) is 11.8 Å². The number of benzene rings is 1. The van der Waals surface area contributed by atoms with Gasteiger partial charge in [0.15, 0.2) is 0 Å². The predicted octanol–water partition coefficient (Wildman–Crippen LogP) is 4.25. The van der Waals surface area contributed by atoms with E-state index in [1.54, 1.807) is 0 Å². The maximum atomic E-state index is 14.5. The van der Waals surface area contributed by atoms with Crippen LogP contribution in [0.3, 0.4) is 0 Å². The monoisotopic (exact) mass is 445 g/mol. The molecule has 3 rings (SSSR count). The van der Waals surface area contributed by atoms with Crippen LogP contribution in [0.1, 0.15) is 50.1 Å². The van der Waals surface area contributed by atoms with Crippen LogP contribution in [0.2, 0.25) is 0 Å². The number of halogens is 5. The summed E-state index contributed by atoms with van der Waals surface area (Å²) in [6, 6.07) is 2.69. The smallest absolute Gasteiger partial charge is 0.407 e. The molecule has 2 aliphatic carbocycles. The van der Waals surface area contributed by atoms with Crippen molar-refractivity contribution in [3.63, 3.8) is 0 Å². The molecule has 2 saturated carbocycles. The van der Waals surface area contributed by atoms with E-state index in [0.29, 0.717) is 31.4 Å². The number of amides is 1. The molecule has 0 radical (unpaired) electrons. The fraction of sp³-hybridized carbons (Fsp3) is 0.619. The van der Waals surface area contributed by atoms with E-state index in [1.165, 1.54) is 31.4 Å². The summed E-state index contributed by atoms with van der Waals surface area (Å²) in [7, 11) is 1.36. The average molecular weight is 445 g/mol. The highest BCUT2D eigenvalue weighted by atomic mass is 19.4. The summed E-state index contributed by atoms with van der Waals surface area (Å²) in [6.45, 7) is 0. The normalized spacial score (nSPS) is 19.8. The fourth-order valence-corrected chi connectivity index (χ4v) is 3.44. The number of alkyl halides is 5. The molecule has 0 bridgehead atoms. The Kier molecular flexibility index (Phi) is 6.46. The van der Waals surface area contributed by atoms with Gasteiger partial charge < -0.3 is 10.1 Å². The van der Waals surface area contributed by atoms with Gasteiger partial charge in [0, 0.05) is 12.8 Å². The molecular weight excluding hydrogens is 421 g/mol. The van der Waals surface area contributed by atoms with Crippen molar-refractivity contribution < 1.29 is 31.5 Å². The Morgan fingerprint density at radius 1 is 1.23 bits per heavy atom. The summed E-state index contributed by atoms with van der Waals surface area (Å²) in [6.07, 6.45) is -4.43. The summed E-state index contributed by atoms with van der Waals surface area (Å²) in [5, 5.41) is 13.6. The van der Waals surface area contributed by atoms with Crippen LogP contribution in [0.5, 0.6) is 5.75 Å². The lowest BCUT2D eigenvalue weighted by atomic mass is 9.99. The quantitative estimate of drug-likeness (QED) is 0.528. The molecule has 0 saturated heterocycles. The predicted molar refractivity (Wildman–Crippen MR) is 101 cm³/mol. The second kappa shape index (κ2) is 8.61. The molecule has 10 heteroatoms. The van der Waals surface area contributed by atoms with Crippen LogP contribution in [0.15, 0.2) is 24.3 Å². The van der Waals surface area contributed by atoms with Crippen molar-refractivity contribution in [2.45, 2.75) is 68.2 Å². The molecule has 0 spiro atoms. The van der Waals surface area contributed by atoms with Crippen LogP contribution in [0.4, 0.5) is 22.0 Å². The molecule has 2 aliphatic rings. The van der Waals surface area contributed by atoms with E-state index in [4.69, 9.17) is 10.00 Å². The van der Waals surface area contributed by atoms with Gasteiger partial charge in [-0.15, -0.1) is 0 Å². The number of hydrogen-bond donors (Lipinski definition) is 2. The second-order valence-corrected chi connectivity index (χ2v) is 8.36. The van der Waals surface area contributed by atoms with E-state index in [0.717, 1.165) is 0 Å². The highest BCUT2D eigenvalue weighted by Gasteiger charge is 2.49. The number of hydrogen-bond acceptors (Lipinski definition) is 4.